The molecule has 0 heterocycles. The molecule has 0 saturated heterocycles. The summed E-state index contributed by atoms with van der Waals surface area (Å²) >= 11 is 0. The fraction of sp³-hybridized carbons (Fsp3) is 0.875. The van der Waals surface area contributed by atoms with E-state index in [9.17, 15) is 4.79 Å². The molecule has 78 valence electrons. The zero-order chi connectivity index (χ0) is 10.1. The van der Waals surface area contributed by atoms with E-state index in [2.05, 4.69) is 5.32 Å². The Morgan fingerprint density at radius 1 is 1.69 bits per heavy atom. The highest BCUT2D eigenvalue weighted by Crippen LogP contribution is 1.88. The van der Waals surface area contributed by atoms with Gasteiger partial charge < -0.3 is 20.9 Å². The summed E-state index contributed by atoms with van der Waals surface area (Å²) < 4.78 is 4.92. The topological polar surface area (TPSA) is 84.6 Å². The minimum atomic E-state index is -0.214. The number of hydrogen-bond donors (Lipinski definition) is 3. The lowest BCUT2D eigenvalue weighted by Gasteiger charge is -2.13. The highest BCUT2D eigenvalue weighted by Gasteiger charge is 2.08. The summed E-state index contributed by atoms with van der Waals surface area (Å²) in [7, 11) is 0. The Kier molecular flexibility index (Phi) is 7.57. The van der Waals surface area contributed by atoms with Crippen molar-refractivity contribution in [3.8, 4) is 0 Å². The third kappa shape index (κ3) is 6.51. The zero-order valence-electron chi connectivity index (χ0n) is 7.95. The molecule has 0 saturated carbocycles. The predicted molar refractivity (Wildman–Crippen MR) is 49.2 cm³/mol. The second-order valence-corrected chi connectivity index (χ2v) is 2.70. The third-order valence-electron chi connectivity index (χ3n) is 1.57. The molecule has 13 heavy (non-hydrogen) atoms. The van der Waals surface area contributed by atoms with Gasteiger partial charge in [-0.1, -0.05) is 6.92 Å². The minimum absolute atomic E-state index is 0.00764. The van der Waals surface area contributed by atoms with E-state index < -0.39 is 0 Å². The van der Waals surface area contributed by atoms with Gasteiger partial charge in [0.2, 0.25) is 5.91 Å². The molecule has 0 aliphatic rings. The van der Waals surface area contributed by atoms with Crippen LogP contribution in [-0.2, 0) is 9.53 Å². The van der Waals surface area contributed by atoms with Crippen molar-refractivity contribution in [2.24, 2.45) is 5.73 Å². The Bertz CT molecular complexity index is 137. The van der Waals surface area contributed by atoms with Crippen LogP contribution in [0.5, 0.6) is 0 Å². The molecule has 0 aromatic carbocycles. The molecule has 4 N–H and O–H groups in total. The SMILES string of the molecule is CCC(CO)NC(=O)COCCN. The first-order chi connectivity index (χ1) is 6.24. The number of nitrogens with two attached hydrogens (primary N) is 1. The Morgan fingerprint density at radius 2 is 2.38 bits per heavy atom. The molecule has 0 aliphatic heterocycles. The van der Waals surface area contributed by atoms with Gasteiger partial charge in [-0.05, 0) is 6.42 Å². The molecule has 5 heteroatoms. The fourth-order valence-corrected chi connectivity index (χ4v) is 0.794. The van der Waals surface area contributed by atoms with Crippen molar-refractivity contribution >= 4 is 5.91 Å². The largest absolute Gasteiger partial charge is 0.394 e. The van der Waals surface area contributed by atoms with Crippen molar-refractivity contribution < 1.29 is 14.6 Å². The van der Waals surface area contributed by atoms with E-state index in [0.717, 1.165) is 0 Å². The Labute approximate surface area is 78.3 Å². The molecule has 0 aromatic heterocycles. The Balaban J connectivity index is 3.48. The number of aliphatic hydroxyl groups is 1. The highest BCUT2D eigenvalue weighted by molar-refractivity contribution is 5.77. The fourth-order valence-electron chi connectivity index (χ4n) is 0.794. The van der Waals surface area contributed by atoms with Crippen molar-refractivity contribution in [3.63, 3.8) is 0 Å². The van der Waals surface area contributed by atoms with Gasteiger partial charge in [-0.2, -0.15) is 0 Å². The molecule has 1 unspecified atom stereocenters. The van der Waals surface area contributed by atoms with E-state index in [4.69, 9.17) is 15.6 Å². The number of hydrogen-bond acceptors (Lipinski definition) is 4. The van der Waals surface area contributed by atoms with Crippen LogP contribution in [0.3, 0.4) is 0 Å². The maximum atomic E-state index is 11.1. The second kappa shape index (κ2) is 7.97. The summed E-state index contributed by atoms with van der Waals surface area (Å²) in [5.41, 5.74) is 5.17. The second-order valence-electron chi connectivity index (χ2n) is 2.70. The molecule has 1 atom stereocenters. The third-order valence-corrected chi connectivity index (χ3v) is 1.57. The first-order valence-corrected chi connectivity index (χ1v) is 4.42. The number of carbonyl (C=O) groups excluding carboxylic acids is 1. The minimum Gasteiger partial charge on any atom is -0.394 e. The van der Waals surface area contributed by atoms with E-state index in [1.165, 1.54) is 0 Å². The van der Waals surface area contributed by atoms with Gasteiger partial charge in [0, 0.05) is 6.54 Å². The number of aliphatic hydroxyl groups excluding tert-OH is 1. The highest BCUT2D eigenvalue weighted by atomic mass is 16.5. The first-order valence-electron chi connectivity index (χ1n) is 4.42. The quantitative estimate of drug-likeness (QED) is 0.442. The molecule has 0 spiro atoms. The van der Waals surface area contributed by atoms with Crippen LogP contribution in [0, 0.1) is 0 Å². The summed E-state index contributed by atoms with van der Waals surface area (Å²) in [6, 6.07) is -0.172. The van der Waals surface area contributed by atoms with Gasteiger partial charge in [0.1, 0.15) is 6.61 Å². The van der Waals surface area contributed by atoms with Crippen LogP contribution in [0.2, 0.25) is 0 Å². The van der Waals surface area contributed by atoms with Crippen LogP contribution >= 0.6 is 0 Å². The number of carbonyl (C=O) groups is 1. The molecule has 0 rings (SSSR count). The van der Waals surface area contributed by atoms with E-state index in [1.807, 2.05) is 6.92 Å². The summed E-state index contributed by atoms with van der Waals surface area (Å²) in [4.78, 5) is 11.1. The Hall–Kier alpha value is -0.650. The molecular weight excluding hydrogens is 172 g/mol. The van der Waals surface area contributed by atoms with Crippen LogP contribution in [0.4, 0.5) is 0 Å². The van der Waals surface area contributed by atoms with E-state index in [0.29, 0.717) is 19.6 Å². The van der Waals surface area contributed by atoms with Crippen molar-refractivity contribution in [1.82, 2.24) is 5.32 Å². The normalized spacial score (nSPS) is 12.5. The number of amides is 1. The average molecular weight is 190 g/mol. The van der Waals surface area contributed by atoms with Crippen molar-refractivity contribution in [2.45, 2.75) is 19.4 Å². The van der Waals surface area contributed by atoms with Crippen LogP contribution in [0.25, 0.3) is 0 Å². The average Bonchev–Trinajstić information content (AvgIpc) is 2.14. The molecular formula is C8H18N2O3. The summed E-state index contributed by atoms with van der Waals surface area (Å²) in [6.07, 6.45) is 0.707. The van der Waals surface area contributed by atoms with Crippen LogP contribution in [-0.4, -0.2) is 43.4 Å². The molecule has 0 radical (unpaired) electrons. The van der Waals surface area contributed by atoms with Gasteiger partial charge in [0.05, 0.1) is 19.3 Å². The maximum absolute atomic E-state index is 11.1. The van der Waals surface area contributed by atoms with Gasteiger partial charge in [0.25, 0.3) is 0 Å². The smallest absolute Gasteiger partial charge is 0.246 e. The number of rotatable bonds is 7. The van der Waals surface area contributed by atoms with Crippen LogP contribution in [0.15, 0.2) is 0 Å². The van der Waals surface area contributed by atoms with Crippen LogP contribution in [0.1, 0.15) is 13.3 Å². The van der Waals surface area contributed by atoms with Gasteiger partial charge >= 0.3 is 0 Å². The number of nitrogens with one attached hydrogen (secondary N) is 1. The zero-order valence-corrected chi connectivity index (χ0v) is 7.95. The van der Waals surface area contributed by atoms with E-state index in [1.54, 1.807) is 0 Å². The molecule has 5 nitrogen and oxygen atoms in total. The van der Waals surface area contributed by atoms with E-state index in [-0.39, 0.29) is 25.2 Å². The van der Waals surface area contributed by atoms with Crippen molar-refractivity contribution in [3.05, 3.63) is 0 Å². The van der Waals surface area contributed by atoms with Gasteiger partial charge in [-0.15, -0.1) is 0 Å². The standard InChI is InChI=1S/C8H18N2O3/c1-2-7(5-11)10-8(12)6-13-4-3-9/h7,11H,2-6,9H2,1H3,(H,10,12). The number of ether oxygens (including phenoxy) is 1. The summed E-state index contributed by atoms with van der Waals surface area (Å²) in [5.74, 6) is -0.214. The molecule has 0 aromatic rings. The van der Waals surface area contributed by atoms with Crippen molar-refractivity contribution in [2.75, 3.05) is 26.4 Å². The summed E-state index contributed by atoms with van der Waals surface area (Å²) in [5, 5.41) is 11.4. The predicted octanol–water partition coefficient (Wildman–Crippen LogP) is -1.15. The molecule has 0 fully saturated rings. The van der Waals surface area contributed by atoms with E-state index >= 15 is 0 Å². The molecule has 0 bridgehead atoms. The van der Waals surface area contributed by atoms with Gasteiger partial charge in [-0.3, -0.25) is 4.79 Å². The monoisotopic (exact) mass is 190 g/mol. The Morgan fingerprint density at radius 3 is 2.85 bits per heavy atom. The lowest BCUT2D eigenvalue weighted by Crippen LogP contribution is -2.39. The maximum Gasteiger partial charge on any atom is 0.246 e. The lowest BCUT2D eigenvalue weighted by atomic mass is 10.2. The van der Waals surface area contributed by atoms with Crippen molar-refractivity contribution in [1.29, 1.82) is 0 Å². The lowest BCUT2D eigenvalue weighted by molar-refractivity contribution is -0.126. The first kappa shape index (κ1) is 12.3. The van der Waals surface area contributed by atoms with Gasteiger partial charge in [0.15, 0.2) is 0 Å². The van der Waals surface area contributed by atoms with Crippen LogP contribution < -0.4 is 11.1 Å². The van der Waals surface area contributed by atoms with Gasteiger partial charge in [-0.25, -0.2) is 0 Å². The molecule has 1 amide bonds. The molecule has 0 aliphatic carbocycles. The summed E-state index contributed by atoms with van der Waals surface area (Å²) in [6.45, 7) is 2.64.